The van der Waals surface area contributed by atoms with Crippen LogP contribution in [0, 0.1) is 5.41 Å². The van der Waals surface area contributed by atoms with Gasteiger partial charge in [0, 0.05) is 31.0 Å². The van der Waals surface area contributed by atoms with Crippen LogP contribution in [0.5, 0.6) is 0 Å². The van der Waals surface area contributed by atoms with Crippen LogP contribution in [0.3, 0.4) is 0 Å². The molecule has 0 spiro atoms. The number of methoxy groups -OCH3 is 1. The zero-order valence-corrected chi connectivity index (χ0v) is 14.8. The summed E-state index contributed by atoms with van der Waals surface area (Å²) in [4.78, 5) is 33.5. The van der Waals surface area contributed by atoms with E-state index in [9.17, 15) is 9.59 Å². The molecule has 9 nitrogen and oxygen atoms in total. The van der Waals surface area contributed by atoms with Crippen LogP contribution in [0.1, 0.15) is 23.6 Å². The van der Waals surface area contributed by atoms with Crippen molar-refractivity contribution in [1.29, 1.82) is 5.41 Å². The Morgan fingerprint density at radius 1 is 1.33 bits per heavy atom. The molecule has 1 aliphatic rings. The van der Waals surface area contributed by atoms with Crippen molar-refractivity contribution in [3.05, 3.63) is 47.8 Å². The molecule has 0 saturated carbocycles. The highest BCUT2D eigenvalue weighted by molar-refractivity contribution is 5.94. The molecular formula is C18H20N6O3. The zero-order chi connectivity index (χ0) is 19.4. The van der Waals surface area contributed by atoms with Gasteiger partial charge in [-0.15, -0.1) is 0 Å². The standard InChI is InChI=1S/C18H20N6O3/c1-27-15(25)6-7-24-14(10-23-18(24)26)11-2-4-12(5-3-11)17-21-8-13(9-22-17)16(19)20/h2-5,8-9,14H,6-7,10H2,1H3,(H3,19,20)(H,23,26). The molecule has 1 aliphatic heterocycles. The molecule has 27 heavy (non-hydrogen) atoms. The van der Waals surface area contributed by atoms with E-state index in [0.717, 1.165) is 11.1 Å². The number of hydrogen-bond acceptors (Lipinski definition) is 6. The summed E-state index contributed by atoms with van der Waals surface area (Å²) in [6, 6.07) is 7.22. The van der Waals surface area contributed by atoms with Crippen LogP contribution >= 0.6 is 0 Å². The van der Waals surface area contributed by atoms with Crippen molar-refractivity contribution in [2.24, 2.45) is 5.73 Å². The van der Waals surface area contributed by atoms with Crippen molar-refractivity contribution in [3.8, 4) is 11.4 Å². The molecule has 4 N–H and O–H groups in total. The summed E-state index contributed by atoms with van der Waals surface area (Å²) in [5.41, 5.74) is 7.63. The fourth-order valence-electron chi connectivity index (χ4n) is 2.88. The summed E-state index contributed by atoms with van der Waals surface area (Å²) < 4.78 is 4.64. The molecule has 0 radical (unpaired) electrons. The topological polar surface area (TPSA) is 134 Å². The fraction of sp³-hybridized carbons (Fsp3) is 0.278. The number of amidine groups is 1. The lowest BCUT2D eigenvalue weighted by molar-refractivity contribution is -0.140. The van der Waals surface area contributed by atoms with Crippen molar-refractivity contribution in [2.75, 3.05) is 20.2 Å². The highest BCUT2D eigenvalue weighted by atomic mass is 16.5. The Bertz CT molecular complexity index is 850. The largest absolute Gasteiger partial charge is 0.469 e. The van der Waals surface area contributed by atoms with Gasteiger partial charge in [-0.2, -0.15) is 0 Å². The van der Waals surface area contributed by atoms with Crippen LogP contribution in [-0.4, -0.2) is 52.9 Å². The van der Waals surface area contributed by atoms with E-state index in [1.165, 1.54) is 19.5 Å². The molecule has 2 amide bonds. The molecule has 1 saturated heterocycles. The van der Waals surface area contributed by atoms with Gasteiger partial charge in [0.25, 0.3) is 0 Å². The Balaban J connectivity index is 1.74. The third-order valence-corrected chi connectivity index (χ3v) is 4.38. The quantitative estimate of drug-likeness (QED) is 0.396. The summed E-state index contributed by atoms with van der Waals surface area (Å²) in [5, 5.41) is 10.2. The van der Waals surface area contributed by atoms with E-state index in [-0.39, 0.29) is 30.3 Å². The Hall–Kier alpha value is -3.49. The predicted molar refractivity (Wildman–Crippen MR) is 98.0 cm³/mol. The third kappa shape index (κ3) is 4.02. The van der Waals surface area contributed by atoms with Gasteiger partial charge in [0.15, 0.2) is 5.82 Å². The van der Waals surface area contributed by atoms with Crippen molar-refractivity contribution in [1.82, 2.24) is 20.2 Å². The molecule has 1 atom stereocenters. The SMILES string of the molecule is COC(=O)CCN1C(=O)NCC1c1ccc(-c2ncc(C(=N)N)cn2)cc1. The molecule has 1 aromatic heterocycles. The van der Waals surface area contributed by atoms with Crippen molar-refractivity contribution in [2.45, 2.75) is 12.5 Å². The number of ether oxygens (including phenoxy) is 1. The second-order valence-electron chi connectivity index (χ2n) is 6.05. The van der Waals surface area contributed by atoms with Gasteiger partial charge in [-0.3, -0.25) is 10.2 Å². The smallest absolute Gasteiger partial charge is 0.318 e. The van der Waals surface area contributed by atoms with E-state index < -0.39 is 0 Å². The lowest BCUT2D eigenvalue weighted by Crippen LogP contribution is -2.32. The molecule has 1 fully saturated rings. The maximum Gasteiger partial charge on any atom is 0.318 e. The monoisotopic (exact) mass is 368 g/mol. The number of benzene rings is 1. The van der Waals surface area contributed by atoms with Crippen LogP contribution < -0.4 is 11.1 Å². The van der Waals surface area contributed by atoms with Crippen LogP contribution in [0.2, 0.25) is 0 Å². The average molecular weight is 368 g/mol. The minimum absolute atomic E-state index is 0.0812. The van der Waals surface area contributed by atoms with Crippen LogP contribution in [-0.2, 0) is 9.53 Å². The van der Waals surface area contributed by atoms with Gasteiger partial charge in [0.1, 0.15) is 5.84 Å². The Kier molecular flexibility index (Phi) is 5.30. The molecule has 0 aliphatic carbocycles. The molecule has 1 aromatic carbocycles. The highest BCUT2D eigenvalue weighted by Gasteiger charge is 2.31. The van der Waals surface area contributed by atoms with Crippen molar-refractivity contribution >= 4 is 17.8 Å². The number of aromatic nitrogens is 2. The average Bonchev–Trinajstić information content (AvgIpc) is 3.06. The summed E-state index contributed by atoms with van der Waals surface area (Å²) in [7, 11) is 1.33. The first-order valence-corrected chi connectivity index (χ1v) is 8.37. The summed E-state index contributed by atoms with van der Waals surface area (Å²) in [6.45, 7) is 0.768. The van der Waals surface area contributed by atoms with E-state index in [1.54, 1.807) is 4.90 Å². The van der Waals surface area contributed by atoms with Gasteiger partial charge in [0.2, 0.25) is 0 Å². The number of nitrogens with one attached hydrogen (secondary N) is 2. The number of urea groups is 1. The minimum Gasteiger partial charge on any atom is -0.469 e. The molecule has 1 unspecified atom stereocenters. The summed E-state index contributed by atoms with van der Waals surface area (Å²) >= 11 is 0. The highest BCUT2D eigenvalue weighted by Crippen LogP contribution is 2.26. The zero-order valence-electron chi connectivity index (χ0n) is 14.8. The van der Waals surface area contributed by atoms with Gasteiger partial charge in [-0.05, 0) is 5.56 Å². The summed E-state index contributed by atoms with van der Waals surface area (Å²) in [5.74, 6) is 0.0898. The van der Waals surface area contributed by atoms with E-state index in [0.29, 0.717) is 24.5 Å². The number of carbonyl (C=O) groups is 2. The first-order chi connectivity index (χ1) is 13.0. The number of nitrogens with zero attached hydrogens (tertiary/aromatic N) is 3. The van der Waals surface area contributed by atoms with Crippen LogP contribution in [0.4, 0.5) is 4.79 Å². The number of nitrogen functional groups attached to an aromatic ring is 1. The van der Waals surface area contributed by atoms with Gasteiger partial charge in [0.05, 0.1) is 25.1 Å². The van der Waals surface area contributed by atoms with E-state index in [1.807, 2.05) is 24.3 Å². The van der Waals surface area contributed by atoms with E-state index >= 15 is 0 Å². The first-order valence-electron chi connectivity index (χ1n) is 8.37. The maximum atomic E-state index is 12.0. The van der Waals surface area contributed by atoms with Gasteiger partial charge in [-0.25, -0.2) is 14.8 Å². The maximum absolute atomic E-state index is 12.0. The van der Waals surface area contributed by atoms with Gasteiger partial charge >= 0.3 is 12.0 Å². The van der Waals surface area contributed by atoms with Gasteiger partial charge < -0.3 is 20.7 Å². The lowest BCUT2D eigenvalue weighted by Gasteiger charge is -2.23. The Labute approximate surface area is 156 Å². The molecular weight excluding hydrogens is 348 g/mol. The minimum atomic E-state index is -0.352. The molecule has 2 aromatic rings. The molecule has 9 heteroatoms. The third-order valence-electron chi connectivity index (χ3n) is 4.38. The second kappa shape index (κ2) is 7.81. The Morgan fingerprint density at radius 2 is 2.00 bits per heavy atom. The fourth-order valence-corrected chi connectivity index (χ4v) is 2.88. The molecule has 3 rings (SSSR count). The van der Waals surface area contributed by atoms with Crippen LogP contribution in [0.15, 0.2) is 36.7 Å². The number of hydrogen-bond donors (Lipinski definition) is 3. The predicted octanol–water partition coefficient (Wildman–Crippen LogP) is 1.06. The number of rotatable bonds is 6. The Morgan fingerprint density at radius 3 is 2.59 bits per heavy atom. The summed E-state index contributed by atoms with van der Waals surface area (Å²) in [6.07, 6.45) is 3.16. The normalized spacial score (nSPS) is 16.1. The number of nitrogens with two attached hydrogens (primary N) is 1. The van der Waals surface area contributed by atoms with Crippen molar-refractivity contribution < 1.29 is 14.3 Å². The lowest BCUT2D eigenvalue weighted by atomic mass is 10.0. The second-order valence-corrected chi connectivity index (χ2v) is 6.05. The number of carbonyl (C=O) groups excluding carboxylic acids is 2. The van der Waals surface area contributed by atoms with E-state index in [4.69, 9.17) is 11.1 Å². The molecule has 2 heterocycles. The number of amides is 2. The van der Waals surface area contributed by atoms with Crippen LogP contribution in [0.25, 0.3) is 11.4 Å². The number of esters is 1. The first kappa shape index (κ1) is 18.3. The molecule has 0 bridgehead atoms. The molecule has 140 valence electrons. The van der Waals surface area contributed by atoms with Gasteiger partial charge in [-0.1, -0.05) is 24.3 Å². The van der Waals surface area contributed by atoms with E-state index in [2.05, 4.69) is 20.0 Å². The van der Waals surface area contributed by atoms with Crippen molar-refractivity contribution in [3.63, 3.8) is 0 Å².